The minimum absolute atomic E-state index is 0.0370. The maximum atomic E-state index is 13.2. The number of amidine groups is 1. The third-order valence-corrected chi connectivity index (χ3v) is 4.81. The number of benzene rings is 2. The van der Waals surface area contributed by atoms with E-state index in [0.717, 1.165) is 5.56 Å². The predicted molar refractivity (Wildman–Crippen MR) is 94.6 cm³/mol. The molecule has 128 valence electrons. The van der Waals surface area contributed by atoms with Gasteiger partial charge in [0, 0.05) is 21.9 Å². The minimum Gasteiger partial charge on any atom is -0.383 e. The molecule has 0 amide bonds. The fourth-order valence-corrected chi connectivity index (χ4v) is 2.86. The van der Waals surface area contributed by atoms with Gasteiger partial charge in [-0.05, 0) is 55.3 Å². The van der Waals surface area contributed by atoms with Gasteiger partial charge in [-0.3, -0.25) is 0 Å². The van der Waals surface area contributed by atoms with Crippen molar-refractivity contribution >= 4 is 31.3 Å². The van der Waals surface area contributed by atoms with Crippen molar-refractivity contribution in [1.82, 2.24) is 0 Å². The van der Waals surface area contributed by atoms with Crippen LogP contribution in [0.15, 0.2) is 46.3 Å². The Balaban J connectivity index is 2.17. The second-order valence-corrected chi connectivity index (χ2v) is 7.82. The lowest BCUT2D eigenvalue weighted by Crippen LogP contribution is -2.17. The molecule has 0 radical (unpaired) electrons. The standard InChI is InChI=1S/C16H17ClFN3O2S/c1-10-3-5-13(24(17,22)23)8-14(10)16(19)21-9-20-12-4-6-15(18)11(2)7-12/h3-8,20H,9H2,1-2H3,(H2,19,21). The number of aryl methyl sites for hydroxylation is 2. The van der Waals surface area contributed by atoms with E-state index in [9.17, 15) is 12.8 Å². The molecule has 0 aliphatic carbocycles. The highest BCUT2D eigenvalue weighted by atomic mass is 35.7. The smallest absolute Gasteiger partial charge is 0.261 e. The first kappa shape index (κ1) is 18.2. The lowest BCUT2D eigenvalue weighted by Gasteiger charge is -2.09. The van der Waals surface area contributed by atoms with Gasteiger partial charge in [-0.25, -0.2) is 17.8 Å². The van der Waals surface area contributed by atoms with Crippen LogP contribution in [-0.2, 0) is 9.05 Å². The van der Waals surface area contributed by atoms with Crippen LogP contribution in [0.5, 0.6) is 0 Å². The molecule has 0 aromatic heterocycles. The zero-order valence-corrected chi connectivity index (χ0v) is 14.7. The van der Waals surface area contributed by atoms with Crippen LogP contribution in [0.4, 0.5) is 10.1 Å². The lowest BCUT2D eigenvalue weighted by atomic mass is 10.1. The SMILES string of the molecule is Cc1cc(NCN=C(N)c2cc(S(=O)(=O)Cl)ccc2C)ccc1F. The Labute approximate surface area is 144 Å². The summed E-state index contributed by atoms with van der Waals surface area (Å²) in [5.41, 5.74) is 8.44. The maximum Gasteiger partial charge on any atom is 0.261 e. The van der Waals surface area contributed by atoms with Crippen molar-refractivity contribution in [1.29, 1.82) is 0 Å². The summed E-state index contributed by atoms with van der Waals surface area (Å²) in [5.74, 6) is -0.0979. The van der Waals surface area contributed by atoms with E-state index in [0.29, 0.717) is 16.8 Å². The molecule has 24 heavy (non-hydrogen) atoms. The topological polar surface area (TPSA) is 84.5 Å². The highest BCUT2D eigenvalue weighted by Crippen LogP contribution is 2.19. The molecule has 0 spiro atoms. The van der Waals surface area contributed by atoms with Gasteiger partial charge in [0.2, 0.25) is 0 Å². The number of hydrogen-bond acceptors (Lipinski definition) is 4. The van der Waals surface area contributed by atoms with Crippen LogP contribution >= 0.6 is 10.7 Å². The van der Waals surface area contributed by atoms with E-state index in [1.165, 1.54) is 18.2 Å². The van der Waals surface area contributed by atoms with Gasteiger partial charge in [0.15, 0.2) is 0 Å². The lowest BCUT2D eigenvalue weighted by molar-refractivity contribution is 0.609. The summed E-state index contributed by atoms with van der Waals surface area (Å²) in [6.45, 7) is 3.62. The molecule has 2 aromatic carbocycles. The van der Waals surface area contributed by atoms with E-state index >= 15 is 0 Å². The molecule has 2 aromatic rings. The zero-order valence-electron chi connectivity index (χ0n) is 13.2. The van der Waals surface area contributed by atoms with E-state index in [1.54, 1.807) is 32.0 Å². The van der Waals surface area contributed by atoms with Crippen molar-refractivity contribution in [2.45, 2.75) is 18.7 Å². The Kier molecular flexibility index (Phi) is 5.46. The Bertz CT molecular complexity index is 898. The monoisotopic (exact) mass is 369 g/mol. The number of nitrogens with one attached hydrogen (secondary N) is 1. The molecular formula is C16H17ClFN3O2S. The Morgan fingerprint density at radius 2 is 1.92 bits per heavy atom. The van der Waals surface area contributed by atoms with Crippen molar-refractivity contribution in [3.63, 3.8) is 0 Å². The summed E-state index contributed by atoms with van der Waals surface area (Å²) in [4.78, 5) is 4.14. The molecular weight excluding hydrogens is 353 g/mol. The average Bonchev–Trinajstić information content (AvgIpc) is 2.50. The number of anilines is 1. The van der Waals surface area contributed by atoms with Gasteiger partial charge in [0.1, 0.15) is 18.3 Å². The predicted octanol–water partition coefficient (Wildman–Crippen LogP) is 3.14. The minimum atomic E-state index is -3.84. The summed E-state index contributed by atoms with van der Waals surface area (Å²) in [5, 5.41) is 3.00. The van der Waals surface area contributed by atoms with Gasteiger partial charge in [-0.1, -0.05) is 6.07 Å². The third kappa shape index (κ3) is 4.46. The van der Waals surface area contributed by atoms with Gasteiger partial charge >= 0.3 is 0 Å². The summed E-state index contributed by atoms with van der Waals surface area (Å²) >= 11 is 0. The van der Waals surface area contributed by atoms with Crippen LogP contribution in [-0.4, -0.2) is 20.9 Å². The van der Waals surface area contributed by atoms with E-state index < -0.39 is 9.05 Å². The molecule has 5 nitrogen and oxygen atoms in total. The summed E-state index contributed by atoms with van der Waals surface area (Å²) < 4.78 is 36.1. The molecule has 0 bridgehead atoms. The van der Waals surface area contributed by atoms with Crippen molar-refractivity contribution in [3.05, 3.63) is 58.9 Å². The molecule has 0 atom stereocenters. The highest BCUT2D eigenvalue weighted by molar-refractivity contribution is 8.13. The number of hydrogen-bond donors (Lipinski definition) is 2. The number of nitrogens with two attached hydrogens (primary N) is 1. The first-order valence-electron chi connectivity index (χ1n) is 7.04. The molecule has 0 unspecified atom stereocenters. The van der Waals surface area contributed by atoms with Gasteiger partial charge in [-0.2, -0.15) is 0 Å². The summed E-state index contributed by atoms with van der Waals surface area (Å²) in [6, 6.07) is 9.03. The van der Waals surface area contributed by atoms with Crippen LogP contribution in [0.25, 0.3) is 0 Å². The molecule has 0 saturated heterocycles. The molecule has 3 N–H and O–H groups in total. The van der Waals surface area contributed by atoms with Gasteiger partial charge < -0.3 is 11.1 Å². The largest absolute Gasteiger partial charge is 0.383 e. The van der Waals surface area contributed by atoms with Crippen LogP contribution in [0.3, 0.4) is 0 Å². The summed E-state index contributed by atoms with van der Waals surface area (Å²) in [6.07, 6.45) is 0. The molecule has 0 fully saturated rings. The van der Waals surface area contributed by atoms with Crippen molar-refractivity contribution < 1.29 is 12.8 Å². The van der Waals surface area contributed by atoms with Gasteiger partial charge in [0.25, 0.3) is 9.05 Å². The van der Waals surface area contributed by atoms with Crippen molar-refractivity contribution in [3.8, 4) is 0 Å². The van der Waals surface area contributed by atoms with E-state index in [-0.39, 0.29) is 23.2 Å². The second-order valence-electron chi connectivity index (χ2n) is 5.26. The number of halogens is 2. The van der Waals surface area contributed by atoms with Crippen LogP contribution in [0, 0.1) is 19.7 Å². The fraction of sp³-hybridized carbons (Fsp3) is 0.188. The Morgan fingerprint density at radius 1 is 1.21 bits per heavy atom. The van der Waals surface area contributed by atoms with E-state index in [1.807, 2.05) is 0 Å². The number of nitrogens with zero attached hydrogens (tertiary/aromatic N) is 1. The van der Waals surface area contributed by atoms with Crippen LogP contribution in [0.2, 0.25) is 0 Å². The molecule has 0 saturated carbocycles. The zero-order chi connectivity index (χ0) is 17.9. The number of aliphatic imine (C=N–C) groups is 1. The summed E-state index contributed by atoms with van der Waals surface area (Å²) in [7, 11) is 1.51. The normalized spacial score (nSPS) is 12.2. The quantitative estimate of drug-likeness (QED) is 0.481. The molecule has 0 aliphatic rings. The molecule has 0 aliphatic heterocycles. The highest BCUT2D eigenvalue weighted by Gasteiger charge is 2.13. The molecule has 8 heteroatoms. The van der Waals surface area contributed by atoms with Gasteiger partial charge in [-0.15, -0.1) is 0 Å². The fourth-order valence-electron chi connectivity index (χ4n) is 2.08. The first-order valence-corrected chi connectivity index (χ1v) is 9.35. The van der Waals surface area contributed by atoms with Crippen molar-refractivity contribution in [2.75, 3.05) is 12.0 Å². The van der Waals surface area contributed by atoms with Crippen LogP contribution < -0.4 is 11.1 Å². The second kappa shape index (κ2) is 7.19. The van der Waals surface area contributed by atoms with Crippen LogP contribution in [0.1, 0.15) is 16.7 Å². The van der Waals surface area contributed by atoms with E-state index in [2.05, 4.69) is 10.3 Å². The maximum absolute atomic E-state index is 13.2. The van der Waals surface area contributed by atoms with E-state index in [4.69, 9.17) is 16.4 Å². The average molecular weight is 370 g/mol. The van der Waals surface area contributed by atoms with Gasteiger partial charge in [0.05, 0.1) is 4.90 Å². The Hall–Kier alpha value is -2.12. The molecule has 2 rings (SSSR count). The first-order chi connectivity index (χ1) is 11.2. The third-order valence-electron chi connectivity index (χ3n) is 3.46. The number of rotatable bonds is 5. The molecule has 0 heterocycles. The van der Waals surface area contributed by atoms with Crippen molar-refractivity contribution in [2.24, 2.45) is 10.7 Å². The Morgan fingerprint density at radius 3 is 2.54 bits per heavy atom.